The van der Waals surface area contributed by atoms with Crippen molar-refractivity contribution >= 4 is 17.2 Å². The topological polar surface area (TPSA) is 58.4 Å². The highest BCUT2D eigenvalue weighted by Gasteiger charge is 2.30. The molecule has 0 bridgehead atoms. The van der Waals surface area contributed by atoms with Crippen LogP contribution in [0.15, 0.2) is 17.6 Å². The molecule has 0 saturated carbocycles. The van der Waals surface area contributed by atoms with E-state index >= 15 is 0 Å². The molecule has 6 heteroatoms. The number of carbonyl (C=O) groups is 1. The molecule has 124 valence electrons. The number of hydrogen-bond acceptors (Lipinski definition) is 4. The molecule has 2 aromatic heterocycles. The third-order valence-corrected chi connectivity index (χ3v) is 5.41. The molecule has 2 aromatic rings. The number of carbonyl (C=O) groups excluding carboxylic acids is 1. The fraction of sp³-hybridized carbons (Fsp3) is 0.529. The Kier molecular flexibility index (Phi) is 4.55. The fourth-order valence-electron chi connectivity index (χ4n) is 3.17. The smallest absolute Gasteiger partial charge is 0.270 e. The van der Waals surface area contributed by atoms with Gasteiger partial charge in [-0.3, -0.25) is 4.79 Å². The largest absolute Gasteiger partial charge is 0.396 e. The Morgan fingerprint density at radius 2 is 2.26 bits per heavy atom. The van der Waals surface area contributed by atoms with E-state index in [4.69, 9.17) is 0 Å². The van der Waals surface area contributed by atoms with Gasteiger partial charge in [-0.15, -0.1) is 11.3 Å². The average Bonchev–Trinajstić information content (AvgIpc) is 3.13. The molecule has 1 aliphatic rings. The van der Waals surface area contributed by atoms with E-state index in [1.54, 1.807) is 11.3 Å². The van der Waals surface area contributed by atoms with Crippen LogP contribution in [0.1, 0.15) is 35.3 Å². The fourth-order valence-corrected chi connectivity index (χ4v) is 3.80. The van der Waals surface area contributed by atoms with E-state index in [0.717, 1.165) is 29.1 Å². The summed E-state index contributed by atoms with van der Waals surface area (Å²) in [6.07, 6.45) is 3.89. The van der Waals surface area contributed by atoms with Crippen LogP contribution in [0.5, 0.6) is 0 Å². The minimum atomic E-state index is 0.0383. The van der Waals surface area contributed by atoms with Crippen molar-refractivity contribution in [3.05, 3.63) is 28.3 Å². The van der Waals surface area contributed by atoms with Gasteiger partial charge in [0.2, 0.25) is 0 Å². The molecule has 1 amide bonds. The average molecular weight is 333 g/mol. The van der Waals surface area contributed by atoms with Gasteiger partial charge in [-0.2, -0.15) is 0 Å². The van der Waals surface area contributed by atoms with Gasteiger partial charge in [-0.25, -0.2) is 4.98 Å². The van der Waals surface area contributed by atoms with E-state index in [2.05, 4.69) is 11.9 Å². The zero-order chi connectivity index (χ0) is 16.6. The monoisotopic (exact) mass is 333 g/mol. The Hall–Kier alpha value is -1.66. The lowest BCUT2D eigenvalue weighted by Crippen LogP contribution is -2.46. The Labute approximate surface area is 140 Å². The standard InChI is InChI=1S/C17H23N3O2S/c1-11-4-5-13(9-21)7-20(11)17(22)16-6-14(8-19(16)3)15-10-23-12(2)18-15/h6,8,10-11,13,21H,4-5,7,9H2,1-3H3. The third-order valence-electron chi connectivity index (χ3n) is 4.64. The number of aromatic nitrogens is 2. The zero-order valence-corrected chi connectivity index (χ0v) is 14.6. The molecule has 2 unspecified atom stereocenters. The van der Waals surface area contributed by atoms with E-state index in [1.807, 2.05) is 41.1 Å². The second-order valence-electron chi connectivity index (χ2n) is 6.41. The number of nitrogens with zero attached hydrogens (tertiary/aromatic N) is 3. The number of aliphatic hydroxyl groups is 1. The van der Waals surface area contributed by atoms with Crippen molar-refractivity contribution in [3.63, 3.8) is 0 Å². The Morgan fingerprint density at radius 3 is 2.91 bits per heavy atom. The van der Waals surface area contributed by atoms with E-state index < -0.39 is 0 Å². The van der Waals surface area contributed by atoms with Gasteiger partial charge < -0.3 is 14.6 Å². The minimum Gasteiger partial charge on any atom is -0.396 e. The molecule has 1 N–H and O–H groups in total. The zero-order valence-electron chi connectivity index (χ0n) is 13.8. The van der Waals surface area contributed by atoms with Crippen LogP contribution in [-0.2, 0) is 7.05 Å². The number of aryl methyl sites for hydroxylation is 2. The van der Waals surface area contributed by atoms with E-state index in [1.165, 1.54) is 0 Å². The highest BCUT2D eigenvalue weighted by Crippen LogP contribution is 2.27. The van der Waals surface area contributed by atoms with Crippen molar-refractivity contribution in [2.75, 3.05) is 13.2 Å². The Bertz CT molecular complexity index is 707. The summed E-state index contributed by atoms with van der Waals surface area (Å²) in [7, 11) is 1.90. The summed E-state index contributed by atoms with van der Waals surface area (Å²) in [6, 6.07) is 2.14. The van der Waals surface area contributed by atoms with E-state index in [9.17, 15) is 9.90 Å². The number of hydrogen-bond donors (Lipinski definition) is 1. The molecule has 3 rings (SSSR count). The first-order valence-electron chi connectivity index (χ1n) is 8.00. The van der Waals surface area contributed by atoms with Crippen LogP contribution in [0.2, 0.25) is 0 Å². The van der Waals surface area contributed by atoms with E-state index in [0.29, 0.717) is 12.2 Å². The van der Waals surface area contributed by atoms with Crippen molar-refractivity contribution in [3.8, 4) is 11.3 Å². The first kappa shape index (κ1) is 16.2. The lowest BCUT2D eigenvalue weighted by Gasteiger charge is -2.37. The highest BCUT2D eigenvalue weighted by atomic mass is 32.1. The van der Waals surface area contributed by atoms with E-state index in [-0.39, 0.29) is 24.5 Å². The normalized spacial score (nSPS) is 21.7. The van der Waals surface area contributed by atoms with Gasteiger partial charge in [-0.1, -0.05) is 0 Å². The molecule has 5 nitrogen and oxygen atoms in total. The van der Waals surface area contributed by atoms with Gasteiger partial charge in [0.25, 0.3) is 5.91 Å². The summed E-state index contributed by atoms with van der Waals surface area (Å²) < 4.78 is 1.88. The molecule has 0 spiro atoms. The molecule has 23 heavy (non-hydrogen) atoms. The summed E-state index contributed by atoms with van der Waals surface area (Å²) >= 11 is 1.61. The SMILES string of the molecule is Cc1nc(-c2cc(C(=O)N3CC(CO)CCC3C)n(C)c2)cs1. The molecule has 2 atom stereocenters. The third kappa shape index (κ3) is 3.19. The van der Waals surface area contributed by atoms with Crippen LogP contribution in [-0.4, -0.2) is 44.7 Å². The van der Waals surface area contributed by atoms with Gasteiger partial charge in [0, 0.05) is 43.4 Å². The molecular weight excluding hydrogens is 310 g/mol. The first-order valence-corrected chi connectivity index (χ1v) is 8.88. The number of aliphatic hydroxyl groups excluding tert-OH is 1. The van der Waals surface area contributed by atoms with Gasteiger partial charge in [0.05, 0.1) is 10.7 Å². The van der Waals surface area contributed by atoms with Gasteiger partial charge in [0.15, 0.2) is 0 Å². The van der Waals surface area contributed by atoms with Gasteiger partial charge >= 0.3 is 0 Å². The van der Waals surface area contributed by atoms with Crippen LogP contribution in [0.25, 0.3) is 11.3 Å². The van der Waals surface area contributed by atoms with Crippen LogP contribution in [0.3, 0.4) is 0 Å². The molecule has 0 aromatic carbocycles. The molecule has 3 heterocycles. The molecule has 1 fully saturated rings. The Balaban J connectivity index is 1.86. The summed E-state index contributed by atoms with van der Waals surface area (Å²) in [5.74, 6) is 0.229. The molecule has 1 aliphatic heterocycles. The second-order valence-corrected chi connectivity index (χ2v) is 7.47. The molecule has 0 aliphatic carbocycles. The van der Waals surface area contributed by atoms with Crippen molar-refractivity contribution in [1.82, 2.24) is 14.5 Å². The maximum absolute atomic E-state index is 12.9. The van der Waals surface area contributed by atoms with Crippen molar-refractivity contribution in [2.24, 2.45) is 13.0 Å². The Morgan fingerprint density at radius 1 is 1.48 bits per heavy atom. The summed E-state index contributed by atoms with van der Waals surface area (Å²) in [4.78, 5) is 19.3. The minimum absolute atomic E-state index is 0.0383. The summed E-state index contributed by atoms with van der Waals surface area (Å²) in [5.41, 5.74) is 2.57. The van der Waals surface area contributed by atoms with Crippen LogP contribution in [0, 0.1) is 12.8 Å². The summed E-state index contributed by atoms with van der Waals surface area (Å²) in [5, 5.41) is 12.4. The lowest BCUT2D eigenvalue weighted by atomic mass is 9.94. The number of rotatable bonds is 3. The van der Waals surface area contributed by atoms with Crippen LogP contribution < -0.4 is 0 Å². The maximum Gasteiger partial charge on any atom is 0.270 e. The summed E-state index contributed by atoms with van der Waals surface area (Å²) in [6.45, 7) is 4.84. The molecule has 1 saturated heterocycles. The predicted molar refractivity (Wildman–Crippen MR) is 91.6 cm³/mol. The van der Waals surface area contributed by atoms with Crippen molar-refractivity contribution in [2.45, 2.75) is 32.7 Å². The number of amides is 1. The number of piperidine rings is 1. The van der Waals surface area contributed by atoms with Crippen LogP contribution >= 0.6 is 11.3 Å². The van der Waals surface area contributed by atoms with Gasteiger partial charge in [-0.05, 0) is 38.7 Å². The van der Waals surface area contributed by atoms with Gasteiger partial charge in [0.1, 0.15) is 5.69 Å². The number of thiazole rings is 1. The van der Waals surface area contributed by atoms with Crippen molar-refractivity contribution < 1.29 is 9.90 Å². The number of likely N-dealkylation sites (tertiary alicyclic amines) is 1. The molecule has 0 radical (unpaired) electrons. The quantitative estimate of drug-likeness (QED) is 0.939. The van der Waals surface area contributed by atoms with Crippen molar-refractivity contribution in [1.29, 1.82) is 0 Å². The first-order chi connectivity index (χ1) is 11.0. The van der Waals surface area contributed by atoms with Crippen LogP contribution in [0.4, 0.5) is 0 Å². The maximum atomic E-state index is 12.9. The highest BCUT2D eigenvalue weighted by molar-refractivity contribution is 7.09. The predicted octanol–water partition coefficient (Wildman–Crippen LogP) is 2.69. The lowest BCUT2D eigenvalue weighted by molar-refractivity contribution is 0.0480. The molecular formula is C17H23N3O2S. The second kappa shape index (κ2) is 6.45.